The maximum absolute atomic E-state index is 12.9. The van der Waals surface area contributed by atoms with E-state index in [1.54, 1.807) is 0 Å². The number of hydrogen-bond acceptors (Lipinski definition) is 2. The first-order valence-electron chi connectivity index (χ1n) is 20.9. The van der Waals surface area contributed by atoms with Gasteiger partial charge < -0.3 is 10.2 Å². The summed E-state index contributed by atoms with van der Waals surface area (Å²) >= 11 is 0. The van der Waals surface area contributed by atoms with Crippen LogP contribution in [0, 0.1) is 0 Å². The van der Waals surface area contributed by atoms with E-state index >= 15 is 0 Å². The molecule has 0 aromatic heterocycles. The zero-order valence-electron chi connectivity index (χ0n) is 32.7. The average Bonchev–Trinajstić information content (AvgIpc) is 3.30. The molecule has 8 aromatic carbocycles. The van der Waals surface area contributed by atoms with E-state index in [9.17, 15) is 10.2 Å². The molecule has 0 saturated heterocycles. The number of benzene rings is 8. The standard InChI is InChI=1S/C56H46O2/c57-55-51(47-31-43(37-17-5-1-6-18-37)29-44(32-47)38-19-7-2-8-20-38)35-41-25-13-15-27-49(41)53(55)54-50-28-16-14-26-42(50)36-52(56(54)58)48-33-45(39-21-9-3-10-22-39)30-46(34-48)40-23-11-4-12-24-40/h1-12,17-24,29-36,57-58H,13-16,25-28H2. The molecule has 0 bridgehead atoms. The highest BCUT2D eigenvalue weighted by molar-refractivity contribution is 5.96. The highest BCUT2D eigenvalue weighted by Gasteiger charge is 2.30. The Kier molecular flexibility index (Phi) is 9.47. The van der Waals surface area contributed by atoms with Gasteiger partial charge in [-0.15, -0.1) is 0 Å². The SMILES string of the molecule is Oc1c(-c2cc(-c3ccccc3)cc(-c3ccccc3)c2)cc2c(c1-c1c(O)c(-c3cc(-c4ccccc4)cc(-c4ccccc4)c3)cc3c1CCCC3)CCCC2. The summed E-state index contributed by atoms with van der Waals surface area (Å²) in [7, 11) is 0. The minimum absolute atomic E-state index is 0.258. The second-order valence-corrected chi connectivity index (χ2v) is 16.0. The fourth-order valence-electron chi connectivity index (χ4n) is 9.52. The number of fused-ring (bicyclic) bond motifs is 2. The maximum Gasteiger partial charge on any atom is 0.131 e. The Morgan fingerprint density at radius 2 is 0.552 bits per heavy atom. The Labute approximate surface area is 341 Å². The summed E-state index contributed by atoms with van der Waals surface area (Å²) in [4.78, 5) is 0. The molecular formula is C56H46O2. The van der Waals surface area contributed by atoms with Crippen molar-refractivity contribution in [1.29, 1.82) is 0 Å². The Balaban J connectivity index is 1.23. The van der Waals surface area contributed by atoms with E-state index in [1.165, 1.54) is 22.3 Å². The van der Waals surface area contributed by atoms with Crippen LogP contribution in [-0.4, -0.2) is 10.2 Å². The van der Waals surface area contributed by atoms with Gasteiger partial charge in [0.15, 0.2) is 0 Å². The number of aryl methyl sites for hydroxylation is 2. The lowest BCUT2D eigenvalue weighted by atomic mass is 9.77. The van der Waals surface area contributed by atoms with Crippen LogP contribution in [-0.2, 0) is 25.7 Å². The monoisotopic (exact) mass is 750 g/mol. The van der Waals surface area contributed by atoms with Crippen LogP contribution in [0.15, 0.2) is 170 Å². The predicted octanol–water partition coefficient (Wildman–Crippen LogP) is 14.5. The molecular weight excluding hydrogens is 705 g/mol. The molecule has 0 spiro atoms. The number of aromatic hydroxyl groups is 2. The van der Waals surface area contributed by atoms with Crippen LogP contribution in [0.1, 0.15) is 47.9 Å². The van der Waals surface area contributed by atoms with E-state index in [0.29, 0.717) is 0 Å². The number of phenolic OH excluding ortho intramolecular Hbond substituents is 2. The lowest BCUT2D eigenvalue weighted by Gasteiger charge is -2.28. The highest BCUT2D eigenvalue weighted by Crippen LogP contribution is 2.53. The van der Waals surface area contributed by atoms with E-state index in [0.717, 1.165) is 129 Å². The molecule has 0 unspecified atom stereocenters. The lowest BCUT2D eigenvalue weighted by Crippen LogP contribution is -2.10. The maximum atomic E-state index is 12.9. The molecule has 0 heterocycles. The van der Waals surface area contributed by atoms with Crippen molar-refractivity contribution in [3.63, 3.8) is 0 Å². The normalized spacial score (nSPS) is 13.4. The van der Waals surface area contributed by atoms with Gasteiger partial charge in [0, 0.05) is 22.3 Å². The molecule has 0 aliphatic heterocycles. The van der Waals surface area contributed by atoms with Crippen molar-refractivity contribution < 1.29 is 10.2 Å². The van der Waals surface area contributed by atoms with Gasteiger partial charge in [0.1, 0.15) is 11.5 Å². The third kappa shape index (κ3) is 6.69. The van der Waals surface area contributed by atoms with Gasteiger partial charge in [0.05, 0.1) is 0 Å². The molecule has 0 saturated carbocycles. The largest absolute Gasteiger partial charge is 0.507 e. The van der Waals surface area contributed by atoms with E-state index in [-0.39, 0.29) is 11.5 Å². The van der Waals surface area contributed by atoms with Crippen molar-refractivity contribution in [3.05, 3.63) is 192 Å². The summed E-state index contributed by atoms with van der Waals surface area (Å²) in [5, 5.41) is 25.9. The third-order valence-electron chi connectivity index (χ3n) is 12.4. The fourth-order valence-corrected chi connectivity index (χ4v) is 9.52. The molecule has 0 atom stereocenters. The predicted molar refractivity (Wildman–Crippen MR) is 241 cm³/mol. The number of hydrogen-bond donors (Lipinski definition) is 2. The number of rotatable bonds is 7. The van der Waals surface area contributed by atoms with Crippen molar-refractivity contribution in [3.8, 4) is 89.4 Å². The first-order valence-corrected chi connectivity index (χ1v) is 20.9. The Morgan fingerprint density at radius 1 is 0.276 bits per heavy atom. The second-order valence-electron chi connectivity index (χ2n) is 16.0. The van der Waals surface area contributed by atoms with Crippen LogP contribution in [0.25, 0.3) is 77.9 Å². The van der Waals surface area contributed by atoms with Crippen molar-refractivity contribution in [1.82, 2.24) is 0 Å². The molecule has 2 N–H and O–H groups in total. The second kappa shape index (κ2) is 15.4. The Bertz CT molecular complexity index is 2460. The van der Waals surface area contributed by atoms with Crippen LogP contribution in [0.3, 0.4) is 0 Å². The molecule has 10 rings (SSSR count). The molecule has 8 aromatic rings. The average molecular weight is 751 g/mol. The Morgan fingerprint density at radius 3 is 0.862 bits per heavy atom. The quantitative estimate of drug-likeness (QED) is 0.170. The van der Waals surface area contributed by atoms with Crippen molar-refractivity contribution in [2.45, 2.75) is 51.4 Å². The van der Waals surface area contributed by atoms with E-state index in [4.69, 9.17) is 0 Å². The summed E-state index contributed by atoms with van der Waals surface area (Å²) in [6.07, 6.45) is 7.97. The molecule has 58 heavy (non-hydrogen) atoms. The van der Waals surface area contributed by atoms with E-state index in [1.807, 2.05) is 0 Å². The van der Waals surface area contributed by atoms with Gasteiger partial charge >= 0.3 is 0 Å². The van der Waals surface area contributed by atoms with Gasteiger partial charge in [-0.05, 0) is 178 Å². The van der Waals surface area contributed by atoms with Crippen molar-refractivity contribution >= 4 is 0 Å². The smallest absolute Gasteiger partial charge is 0.131 e. The van der Waals surface area contributed by atoms with Crippen LogP contribution >= 0.6 is 0 Å². The van der Waals surface area contributed by atoms with Crippen molar-refractivity contribution in [2.75, 3.05) is 0 Å². The summed E-state index contributed by atoms with van der Waals surface area (Å²) in [5.74, 6) is 0.515. The first-order chi connectivity index (χ1) is 28.6. The van der Waals surface area contributed by atoms with Gasteiger partial charge in [0.2, 0.25) is 0 Å². The molecule has 2 nitrogen and oxygen atoms in total. The van der Waals surface area contributed by atoms with Gasteiger partial charge in [0.25, 0.3) is 0 Å². The minimum Gasteiger partial charge on any atom is -0.507 e. The molecule has 0 radical (unpaired) electrons. The Hall–Kier alpha value is -6.64. The zero-order chi connectivity index (χ0) is 39.0. The zero-order valence-corrected chi connectivity index (χ0v) is 32.7. The fraction of sp³-hybridized carbons (Fsp3) is 0.143. The van der Waals surface area contributed by atoms with Crippen LogP contribution < -0.4 is 0 Å². The van der Waals surface area contributed by atoms with E-state index in [2.05, 4.69) is 170 Å². The summed E-state index contributed by atoms with van der Waals surface area (Å²) < 4.78 is 0. The number of phenols is 2. The lowest BCUT2D eigenvalue weighted by molar-refractivity contribution is 0.468. The van der Waals surface area contributed by atoms with Gasteiger partial charge in [-0.1, -0.05) is 121 Å². The molecule has 2 aliphatic carbocycles. The molecule has 0 fully saturated rings. The topological polar surface area (TPSA) is 40.5 Å². The molecule has 282 valence electrons. The van der Waals surface area contributed by atoms with Gasteiger partial charge in [-0.3, -0.25) is 0 Å². The van der Waals surface area contributed by atoms with Crippen LogP contribution in [0.5, 0.6) is 11.5 Å². The van der Waals surface area contributed by atoms with Crippen LogP contribution in [0.4, 0.5) is 0 Å². The molecule has 2 heteroatoms. The molecule has 0 amide bonds. The van der Waals surface area contributed by atoms with Crippen molar-refractivity contribution in [2.24, 2.45) is 0 Å². The minimum atomic E-state index is 0.258. The summed E-state index contributed by atoms with van der Waals surface area (Å²) in [5.41, 5.74) is 19.0. The van der Waals surface area contributed by atoms with Gasteiger partial charge in [-0.2, -0.15) is 0 Å². The van der Waals surface area contributed by atoms with Gasteiger partial charge in [-0.25, -0.2) is 0 Å². The molecule has 2 aliphatic rings. The van der Waals surface area contributed by atoms with Crippen LogP contribution in [0.2, 0.25) is 0 Å². The summed E-state index contributed by atoms with van der Waals surface area (Å²) in [6.45, 7) is 0. The highest BCUT2D eigenvalue weighted by atomic mass is 16.3. The first kappa shape index (κ1) is 35.8. The third-order valence-corrected chi connectivity index (χ3v) is 12.4. The summed E-state index contributed by atoms with van der Waals surface area (Å²) in [6, 6.07) is 59.9. The van der Waals surface area contributed by atoms with E-state index < -0.39 is 0 Å².